The van der Waals surface area contributed by atoms with Gasteiger partial charge in [0.1, 0.15) is 0 Å². The number of carbonyl (C=O) groups is 1. The first-order valence-electron chi connectivity index (χ1n) is 5.47. The number of piperazine rings is 1. The summed E-state index contributed by atoms with van der Waals surface area (Å²) in [7, 11) is 2.05. The number of likely N-dealkylation sites (tertiary alicyclic amines) is 1. The Morgan fingerprint density at radius 1 is 1.43 bits per heavy atom. The van der Waals surface area contributed by atoms with E-state index in [0.717, 1.165) is 39.0 Å². The molecule has 0 bridgehead atoms. The van der Waals surface area contributed by atoms with Crippen LogP contribution in [0.1, 0.15) is 12.8 Å². The number of likely N-dealkylation sites (N-methyl/N-ethyl adjacent to an activating group) is 1. The van der Waals surface area contributed by atoms with Crippen molar-refractivity contribution in [2.45, 2.75) is 24.9 Å². The van der Waals surface area contributed by atoms with Crippen LogP contribution in [0.4, 0.5) is 0 Å². The van der Waals surface area contributed by atoms with Crippen LogP contribution in [-0.2, 0) is 4.79 Å². The summed E-state index contributed by atoms with van der Waals surface area (Å²) in [6.45, 7) is 3.75. The van der Waals surface area contributed by atoms with Gasteiger partial charge in [-0.2, -0.15) is 0 Å². The minimum absolute atomic E-state index is 0.0364. The Kier molecular flexibility index (Phi) is 3.15. The Bertz CT molecular complexity index is 213. The van der Waals surface area contributed by atoms with Crippen LogP contribution in [0.2, 0.25) is 0 Å². The van der Waals surface area contributed by atoms with Gasteiger partial charge in [-0.3, -0.25) is 9.69 Å². The fraction of sp³-hybridized carbons (Fsp3) is 0.900. The number of hydrogen-bond donors (Lipinski definition) is 2. The minimum Gasteiger partial charge on any atom is -0.313 e. The molecule has 4 nitrogen and oxygen atoms in total. The second-order valence-corrected chi connectivity index (χ2v) is 4.25. The SMILES string of the molecule is CN1CCCC1C(=O)C1CNCCN1. The molecule has 2 unspecified atom stereocenters. The zero-order chi connectivity index (χ0) is 9.97. The number of Topliss-reactive ketones (excluding diaryl/α,β-unsaturated/α-hetero) is 1. The average Bonchev–Trinajstić information content (AvgIpc) is 2.65. The van der Waals surface area contributed by atoms with Crippen molar-refractivity contribution in [2.24, 2.45) is 0 Å². The third kappa shape index (κ3) is 1.97. The Morgan fingerprint density at radius 3 is 2.86 bits per heavy atom. The van der Waals surface area contributed by atoms with E-state index in [9.17, 15) is 4.79 Å². The maximum atomic E-state index is 12.1. The van der Waals surface area contributed by atoms with Gasteiger partial charge in [0.25, 0.3) is 0 Å². The number of rotatable bonds is 2. The molecule has 14 heavy (non-hydrogen) atoms. The van der Waals surface area contributed by atoms with E-state index in [0.29, 0.717) is 5.78 Å². The smallest absolute Gasteiger partial charge is 0.168 e. The van der Waals surface area contributed by atoms with Crippen LogP contribution in [0.15, 0.2) is 0 Å². The summed E-state index contributed by atoms with van der Waals surface area (Å²) in [6, 6.07) is 0.196. The second-order valence-electron chi connectivity index (χ2n) is 4.25. The maximum absolute atomic E-state index is 12.1. The van der Waals surface area contributed by atoms with Crippen molar-refractivity contribution in [3.63, 3.8) is 0 Å². The summed E-state index contributed by atoms with van der Waals surface area (Å²) in [5, 5.41) is 6.53. The standard InChI is InChI=1S/C10H19N3O/c1-13-6-2-3-9(13)10(14)8-7-11-4-5-12-8/h8-9,11-12H,2-7H2,1H3. The van der Waals surface area contributed by atoms with Gasteiger partial charge in [0.2, 0.25) is 0 Å². The number of hydrogen-bond acceptors (Lipinski definition) is 4. The lowest BCUT2D eigenvalue weighted by Crippen LogP contribution is -2.56. The molecule has 2 aliphatic rings. The normalized spacial score (nSPS) is 34.6. The van der Waals surface area contributed by atoms with Gasteiger partial charge in [-0.05, 0) is 26.4 Å². The number of ketones is 1. The molecule has 2 aliphatic heterocycles. The molecule has 0 amide bonds. The van der Waals surface area contributed by atoms with Crippen LogP contribution in [0, 0.1) is 0 Å². The van der Waals surface area contributed by atoms with Crippen LogP contribution < -0.4 is 10.6 Å². The average molecular weight is 197 g/mol. The first kappa shape index (κ1) is 10.1. The number of carbonyl (C=O) groups excluding carboxylic acids is 1. The fourth-order valence-electron chi connectivity index (χ4n) is 2.36. The lowest BCUT2D eigenvalue weighted by Gasteiger charge is -2.28. The molecule has 2 saturated heterocycles. The van der Waals surface area contributed by atoms with Gasteiger partial charge in [-0.1, -0.05) is 0 Å². The van der Waals surface area contributed by atoms with Crippen molar-refractivity contribution in [2.75, 3.05) is 33.2 Å². The molecular formula is C10H19N3O. The van der Waals surface area contributed by atoms with Gasteiger partial charge in [0, 0.05) is 19.6 Å². The van der Waals surface area contributed by atoms with Crippen LogP contribution in [0.3, 0.4) is 0 Å². The summed E-state index contributed by atoms with van der Waals surface area (Å²) in [4.78, 5) is 14.2. The lowest BCUT2D eigenvalue weighted by atomic mass is 10.0. The largest absolute Gasteiger partial charge is 0.313 e. The Balaban J connectivity index is 1.92. The first-order chi connectivity index (χ1) is 6.79. The Hall–Kier alpha value is -0.450. The predicted octanol–water partition coefficient (Wildman–Crippen LogP) is -0.789. The molecule has 0 aromatic carbocycles. The highest BCUT2D eigenvalue weighted by atomic mass is 16.1. The van der Waals surface area contributed by atoms with E-state index in [4.69, 9.17) is 0 Å². The maximum Gasteiger partial charge on any atom is 0.168 e. The zero-order valence-electron chi connectivity index (χ0n) is 8.75. The van der Waals surface area contributed by atoms with E-state index < -0.39 is 0 Å². The molecule has 0 aliphatic carbocycles. The Labute approximate surface area is 85.0 Å². The van der Waals surface area contributed by atoms with Gasteiger partial charge in [-0.15, -0.1) is 0 Å². The lowest BCUT2D eigenvalue weighted by molar-refractivity contribution is -0.125. The van der Waals surface area contributed by atoms with Gasteiger partial charge >= 0.3 is 0 Å². The highest BCUT2D eigenvalue weighted by Gasteiger charge is 2.32. The summed E-state index contributed by atoms with van der Waals surface area (Å²) in [6.07, 6.45) is 2.20. The van der Waals surface area contributed by atoms with E-state index in [-0.39, 0.29) is 12.1 Å². The van der Waals surface area contributed by atoms with Gasteiger partial charge in [-0.25, -0.2) is 0 Å². The Morgan fingerprint density at radius 2 is 2.29 bits per heavy atom. The highest BCUT2D eigenvalue weighted by Crippen LogP contribution is 2.16. The van der Waals surface area contributed by atoms with Crippen molar-refractivity contribution >= 4 is 5.78 Å². The molecule has 0 aromatic heterocycles. The van der Waals surface area contributed by atoms with Crippen LogP contribution in [0.5, 0.6) is 0 Å². The summed E-state index contributed by atoms with van der Waals surface area (Å²) in [5.41, 5.74) is 0. The molecule has 2 rings (SSSR count). The van der Waals surface area contributed by atoms with Gasteiger partial charge in [0.05, 0.1) is 12.1 Å². The topological polar surface area (TPSA) is 44.4 Å². The molecule has 80 valence electrons. The molecule has 0 spiro atoms. The number of nitrogens with zero attached hydrogens (tertiary/aromatic N) is 1. The third-order valence-electron chi connectivity index (χ3n) is 3.23. The molecule has 2 atom stereocenters. The third-order valence-corrected chi connectivity index (χ3v) is 3.23. The predicted molar refractivity (Wildman–Crippen MR) is 55.3 cm³/mol. The number of nitrogens with one attached hydrogen (secondary N) is 2. The van der Waals surface area contributed by atoms with Crippen molar-refractivity contribution < 1.29 is 4.79 Å². The fourth-order valence-corrected chi connectivity index (χ4v) is 2.36. The quantitative estimate of drug-likeness (QED) is 0.609. The van der Waals surface area contributed by atoms with Crippen LogP contribution >= 0.6 is 0 Å². The van der Waals surface area contributed by atoms with Crippen molar-refractivity contribution in [3.8, 4) is 0 Å². The first-order valence-corrected chi connectivity index (χ1v) is 5.47. The summed E-state index contributed by atoms with van der Waals surface area (Å²) in [5.74, 6) is 0.372. The molecule has 0 aromatic rings. The molecular weight excluding hydrogens is 178 g/mol. The molecule has 0 radical (unpaired) electrons. The van der Waals surface area contributed by atoms with E-state index in [2.05, 4.69) is 15.5 Å². The molecule has 2 fully saturated rings. The highest BCUT2D eigenvalue weighted by molar-refractivity contribution is 5.89. The van der Waals surface area contributed by atoms with Gasteiger partial charge in [0.15, 0.2) is 5.78 Å². The zero-order valence-corrected chi connectivity index (χ0v) is 8.75. The van der Waals surface area contributed by atoms with Gasteiger partial charge < -0.3 is 10.6 Å². The van der Waals surface area contributed by atoms with Crippen LogP contribution in [0.25, 0.3) is 0 Å². The van der Waals surface area contributed by atoms with Crippen molar-refractivity contribution in [3.05, 3.63) is 0 Å². The van der Waals surface area contributed by atoms with E-state index >= 15 is 0 Å². The molecule has 2 N–H and O–H groups in total. The molecule has 4 heteroatoms. The van der Waals surface area contributed by atoms with Crippen LogP contribution in [-0.4, -0.2) is 56.0 Å². The molecule has 2 heterocycles. The second kappa shape index (κ2) is 4.38. The van der Waals surface area contributed by atoms with Crippen molar-refractivity contribution in [1.82, 2.24) is 15.5 Å². The monoisotopic (exact) mass is 197 g/mol. The van der Waals surface area contributed by atoms with E-state index in [1.165, 1.54) is 0 Å². The summed E-state index contributed by atoms with van der Waals surface area (Å²) < 4.78 is 0. The summed E-state index contributed by atoms with van der Waals surface area (Å²) >= 11 is 0. The van der Waals surface area contributed by atoms with Crippen molar-refractivity contribution in [1.29, 1.82) is 0 Å². The molecule has 0 saturated carbocycles. The van der Waals surface area contributed by atoms with E-state index in [1.54, 1.807) is 0 Å². The minimum atomic E-state index is 0.0364. The van der Waals surface area contributed by atoms with E-state index in [1.807, 2.05) is 7.05 Å².